The Morgan fingerprint density at radius 1 is 1.05 bits per heavy atom. The lowest BCUT2D eigenvalue weighted by Crippen LogP contribution is -2.37. The predicted molar refractivity (Wildman–Crippen MR) is 82.5 cm³/mol. The lowest BCUT2D eigenvalue weighted by atomic mass is 10.0. The first kappa shape index (κ1) is 14.5. The van der Waals surface area contributed by atoms with Crippen molar-refractivity contribution in [1.29, 1.82) is 0 Å². The Bertz CT molecular complexity index is 363. The van der Waals surface area contributed by atoms with Gasteiger partial charge < -0.3 is 10.2 Å². The van der Waals surface area contributed by atoms with Crippen LogP contribution in [0.2, 0.25) is 0 Å². The molecule has 0 aliphatic carbocycles. The summed E-state index contributed by atoms with van der Waals surface area (Å²) in [5.74, 6) is 0.621. The maximum Gasteiger partial charge on any atom is 0.0208 e. The first-order valence-corrected chi connectivity index (χ1v) is 7.69. The van der Waals surface area contributed by atoms with Crippen LogP contribution in [-0.2, 0) is 6.54 Å². The second kappa shape index (κ2) is 7.06. The minimum atomic E-state index is 0.572. The summed E-state index contributed by atoms with van der Waals surface area (Å²) >= 11 is 0. The van der Waals surface area contributed by atoms with Crippen LogP contribution in [0, 0.1) is 0 Å². The van der Waals surface area contributed by atoms with Gasteiger partial charge in [0.2, 0.25) is 0 Å². The van der Waals surface area contributed by atoms with E-state index in [1.807, 2.05) is 0 Å². The summed E-state index contributed by atoms with van der Waals surface area (Å²) in [6.45, 7) is 11.5. The number of hydrogen-bond donors (Lipinski definition) is 1. The molecule has 1 aliphatic heterocycles. The highest BCUT2D eigenvalue weighted by molar-refractivity contribution is 5.24. The number of benzene rings is 1. The van der Waals surface area contributed by atoms with Crippen molar-refractivity contribution in [2.45, 2.75) is 52.1 Å². The Hall–Kier alpha value is -0.860. The zero-order chi connectivity index (χ0) is 13.7. The molecule has 2 nitrogen and oxygen atoms in total. The first-order valence-electron chi connectivity index (χ1n) is 7.69. The Morgan fingerprint density at radius 3 is 2.26 bits per heavy atom. The molecule has 0 saturated carbocycles. The third kappa shape index (κ3) is 4.63. The molecule has 2 rings (SSSR count). The van der Waals surface area contributed by atoms with E-state index in [9.17, 15) is 0 Å². The van der Waals surface area contributed by atoms with Crippen molar-refractivity contribution in [3.8, 4) is 0 Å². The topological polar surface area (TPSA) is 15.3 Å². The Morgan fingerprint density at radius 2 is 1.68 bits per heavy atom. The van der Waals surface area contributed by atoms with Gasteiger partial charge in [0.05, 0.1) is 0 Å². The molecule has 106 valence electrons. The molecule has 0 spiro atoms. The molecule has 1 atom stereocenters. The normalized spacial score (nSPS) is 18.1. The summed E-state index contributed by atoms with van der Waals surface area (Å²) in [5, 5.41) is 3.63. The Balaban J connectivity index is 1.74. The maximum atomic E-state index is 3.63. The van der Waals surface area contributed by atoms with E-state index >= 15 is 0 Å². The van der Waals surface area contributed by atoms with Gasteiger partial charge in [-0.2, -0.15) is 0 Å². The van der Waals surface area contributed by atoms with Crippen LogP contribution in [0.3, 0.4) is 0 Å². The largest absolute Gasteiger partial charge is 0.309 e. The molecule has 1 heterocycles. The van der Waals surface area contributed by atoms with Gasteiger partial charge in [0.25, 0.3) is 0 Å². The maximum absolute atomic E-state index is 3.63. The number of nitrogens with zero attached hydrogens (tertiary/aromatic N) is 1. The van der Waals surface area contributed by atoms with E-state index in [-0.39, 0.29) is 0 Å². The number of nitrogens with one attached hydrogen (secondary N) is 1. The van der Waals surface area contributed by atoms with Crippen molar-refractivity contribution in [3.63, 3.8) is 0 Å². The molecule has 1 aromatic carbocycles. The highest BCUT2D eigenvalue weighted by atomic mass is 15.2. The molecule has 0 radical (unpaired) electrons. The fourth-order valence-electron chi connectivity index (χ4n) is 2.73. The number of hydrogen-bond acceptors (Lipinski definition) is 2. The van der Waals surface area contributed by atoms with E-state index in [4.69, 9.17) is 0 Å². The molecule has 0 bridgehead atoms. The van der Waals surface area contributed by atoms with E-state index in [1.54, 1.807) is 0 Å². The lowest BCUT2D eigenvalue weighted by molar-refractivity contribution is 0.298. The van der Waals surface area contributed by atoms with Crippen LogP contribution in [-0.4, -0.2) is 30.6 Å². The fraction of sp³-hybridized carbons (Fsp3) is 0.647. The van der Waals surface area contributed by atoms with Crippen LogP contribution in [0.1, 0.15) is 50.7 Å². The molecule has 19 heavy (non-hydrogen) atoms. The highest BCUT2D eigenvalue weighted by Crippen LogP contribution is 2.14. The van der Waals surface area contributed by atoms with Gasteiger partial charge in [-0.05, 0) is 49.9 Å². The average Bonchev–Trinajstić information content (AvgIpc) is 2.89. The standard InChI is InChI=1S/C17H28N2/c1-14(2)17-8-6-16(7-9-17)12-18-15(3)13-19-10-4-5-11-19/h6-9,14-15,18H,4-5,10-13H2,1-3H3. The van der Waals surface area contributed by atoms with E-state index in [0.717, 1.165) is 6.54 Å². The monoisotopic (exact) mass is 260 g/mol. The van der Waals surface area contributed by atoms with Gasteiger partial charge in [-0.3, -0.25) is 0 Å². The quantitative estimate of drug-likeness (QED) is 0.843. The average molecular weight is 260 g/mol. The first-order chi connectivity index (χ1) is 9.15. The van der Waals surface area contributed by atoms with Crippen molar-refractivity contribution in [2.75, 3.05) is 19.6 Å². The molecule has 1 N–H and O–H groups in total. The van der Waals surface area contributed by atoms with Gasteiger partial charge >= 0.3 is 0 Å². The van der Waals surface area contributed by atoms with Crippen molar-refractivity contribution in [1.82, 2.24) is 10.2 Å². The molecular formula is C17H28N2. The minimum absolute atomic E-state index is 0.572. The molecule has 1 fully saturated rings. The van der Waals surface area contributed by atoms with Gasteiger partial charge in [0.1, 0.15) is 0 Å². The van der Waals surface area contributed by atoms with Gasteiger partial charge in [-0.15, -0.1) is 0 Å². The summed E-state index contributed by atoms with van der Waals surface area (Å²) in [4.78, 5) is 2.57. The van der Waals surface area contributed by atoms with Gasteiger partial charge in [-0.25, -0.2) is 0 Å². The molecule has 1 unspecified atom stereocenters. The van der Waals surface area contributed by atoms with Crippen LogP contribution in [0.25, 0.3) is 0 Å². The molecule has 1 saturated heterocycles. The zero-order valence-electron chi connectivity index (χ0n) is 12.7. The summed E-state index contributed by atoms with van der Waals surface area (Å²) < 4.78 is 0. The Labute approximate surface area is 118 Å². The zero-order valence-corrected chi connectivity index (χ0v) is 12.7. The van der Waals surface area contributed by atoms with Gasteiger partial charge in [-0.1, -0.05) is 38.1 Å². The third-order valence-corrected chi connectivity index (χ3v) is 4.03. The molecule has 0 aromatic heterocycles. The van der Waals surface area contributed by atoms with Crippen LogP contribution >= 0.6 is 0 Å². The van der Waals surface area contributed by atoms with Crippen LogP contribution in [0.4, 0.5) is 0 Å². The van der Waals surface area contributed by atoms with Gasteiger partial charge in [0, 0.05) is 19.1 Å². The second-order valence-corrected chi connectivity index (χ2v) is 6.19. The molecule has 1 aromatic rings. The van der Waals surface area contributed by atoms with Crippen molar-refractivity contribution >= 4 is 0 Å². The Kier molecular flexibility index (Phi) is 5.41. The van der Waals surface area contributed by atoms with Crippen molar-refractivity contribution in [3.05, 3.63) is 35.4 Å². The number of likely N-dealkylation sites (tertiary alicyclic amines) is 1. The minimum Gasteiger partial charge on any atom is -0.309 e. The van der Waals surface area contributed by atoms with Gasteiger partial charge in [0.15, 0.2) is 0 Å². The smallest absolute Gasteiger partial charge is 0.0208 e. The summed E-state index contributed by atoms with van der Waals surface area (Å²) in [6.07, 6.45) is 2.76. The number of rotatable bonds is 6. The third-order valence-electron chi connectivity index (χ3n) is 4.03. The summed E-state index contributed by atoms with van der Waals surface area (Å²) in [5.41, 5.74) is 2.81. The molecule has 0 amide bonds. The SMILES string of the molecule is CC(CN1CCCC1)NCc1ccc(C(C)C)cc1. The van der Waals surface area contributed by atoms with Crippen molar-refractivity contribution in [2.24, 2.45) is 0 Å². The molecule has 2 heteroatoms. The van der Waals surface area contributed by atoms with E-state index in [2.05, 4.69) is 55.3 Å². The second-order valence-electron chi connectivity index (χ2n) is 6.19. The highest BCUT2D eigenvalue weighted by Gasteiger charge is 2.14. The fourth-order valence-corrected chi connectivity index (χ4v) is 2.73. The summed E-state index contributed by atoms with van der Waals surface area (Å²) in [6, 6.07) is 9.60. The lowest BCUT2D eigenvalue weighted by Gasteiger charge is -2.21. The van der Waals surface area contributed by atoms with Crippen molar-refractivity contribution < 1.29 is 0 Å². The predicted octanol–water partition coefficient (Wildman–Crippen LogP) is 3.38. The van der Waals surface area contributed by atoms with E-state index < -0.39 is 0 Å². The molecular weight excluding hydrogens is 232 g/mol. The van der Waals surface area contributed by atoms with E-state index in [0.29, 0.717) is 12.0 Å². The van der Waals surface area contributed by atoms with Crippen LogP contribution < -0.4 is 5.32 Å². The van der Waals surface area contributed by atoms with E-state index in [1.165, 1.54) is 43.6 Å². The summed E-state index contributed by atoms with van der Waals surface area (Å²) in [7, 11) is 0. The van der Waals surface area contributed by atoms with Crippen LogP contribution in [0.15, 0.2) is 24.3 Å². The molecule has 1 aliphatic rings. The van der Waals surface area contributed by atoms with Crippen LogP contribution in [0.5, 0.6) is 0 Å².